The lowest BCUT2D eigenvalue weighted by Crippen LogP contribution is -2.78. The summed E-state index contributed by atoms with van der Waals surface area (Å²) in [7, 11) is 0. The second-order valence-electron chi connectivity index (χ2n) is 19.2. The Balaban J connectivity index is 0.889. The Hall–Kier alpha value is -6.31. The van der Waals surface area contributed by atoms with Gasteiger partial charge < -0.3 is 46.5 Å². The minimum Gasteiger partial charge on any atom is -0.504 e. The summed E-state index contributed by atoms with van der Waals surface area (Å²) in [6.07, 6.45) is 5.73. The number of carbonyl (C=O) groups is 4. The van der Waals surface area contributed by atoms with Crippen molar-refractivity contribution >= 4 is 40.8 Å². The van der Waals surface area contributed by atoms with Gasteiger partial charge in [-0.3, -0.25) is 19.2 Å². The van der Waals surface area contributed by atoms with Gasteiger partial charge in [0.15, 0.2) is 11.6 Å². The number of aliphatic hydroxyl groups is 2. The van der Waals surface area contributed by atoms with Crippen LogP contribution in [0.2, 0.25) is 0 Å². The fraction of sp³-hybridized carbons (Fsp3) is 0.457. The van der Waals surface area contributed by atoms with Crippen LogP contribution in [0.15, 0.2) is 60.6 Å². The molecule has 19 heteroatoms. The number of nitrogens with zero attached hydrogens (tertiary/aromatic N) is 7. The zero-order valence-electron chi connectivity index (χ0n) is 37.4. The molecule has 342 valence electrons. The van der Waals surface area contributed by atoms with Gasteiger partial charge in [-0.2, -0.15) is 0 Å². The van der Waals surface area contributed by atoms with E-state index in [0.29, 0.717) is 36.3 Å². The lowest BCUT2D eigenvalue weighted by Gasteiger charge is -2.71. The van der Waals surface area contributed by atoms with Crippen molar-refractivity contribution in [3.63, 3.8) is 0 Å². The number of carbonyl (C=O) groups excluding carboxylic acids is 4. The lowest BCUT2D eigenvalue weighted by atomic mass is 9.44. The first-order chi connectivity index (χ1) is 30.7. The molecule has 4 aromatic heterocycles. The smallest absolute Gasteiger partial charge is 0.272 e. The maximum Gasteiger partial charge on any atom is 0.272 e. The van der Waals surface area contributed by atoms with Gasteiger partial charge in [-0.05, 0) is 61.6 Å². The summed E-state index contributed by atoms with van der Waals surface area (Å²) in [5.74, 6) is -1.92. The molecule has 65 heavy (non-hydrogen) atoms. The zero-order valence-corrected chi connectivity index (χ0v) is 38.2. The van der Waals surface area contributed by atoms with E-state index in [4.69, 9.17) is 10.7 Å². The van der Waals surface area contributed by atoms with E-state index < -0.39 is 64.9 Å². The van der Waals surface area contributed by atoms with Gasteiger partial charge in [0.2, 0.25) is 11.8 Å². The molecule has 8 N–H and O–H groups in total. The second kappa shape index (κ2) is 16.9. The van der Waals surface area contributed by atoms with Crippen LogP contribution in [-0.4, -0.2) is 104 Å². The minimum atomic E-state index is -1.11. The lowest BCUT2D eigenvalue weighted by molar-refractivity contribution is -0.142. The number of aromatic hydroxyl groups is 1. The Morgan fingerprint density at radius 3 is 2.17 bits per heavy atom. The number of aliphatic hydroxyl groups excluding tert-OH is 2. The van der Waals surface area contributed by atoms with Gasteiger partial charge in [-0.25, -0.2) is 24.9 Å². The molecular formula is C46H55N11O7S. The Bertz CT molecular complexity index is 2620. The first kappa shape index (κ1) is 45.3. The van der Waals surface area contributed by atoms with E-state index in [2.05, 4.69) is 35.9 Å². The number of likely N-dealkylation sites (tertiary alicyclic amines) is 1. The number of aromatic nitrogens is 6. The quantitative estimate of drug-likeness (QED) is 0.0876. The summed E-state index contributed by atoms with van der Waals surface area (Å²) in [6, 6.07) is 6.86. The van der Waals surface area contributed by atoms with Crippen LogP contribution in [0, 0.1) is 18.3 Å². The highest BCUT2D eigenvalue weighted by molar-refractivity contribution is 7.13. The first-order valence-corrected chi connectivity index (χ1v) is 22.5. The van der Waals surface area contributed by atoms with E-state index in [9.17, 15) is 34.5 Å². The standard InChI is InChI=1S/C46H55N11O7S/c1-23(2)35(60)39-53-32(28-12-34(59)38(47)50-14-28)18-57(39)46-19-45(20-46,21-46)55-41(62)31-16-48-30(15-49-31)40(61)54-37(44(5,6)7)43(64)56-17-29(58)13-33(56)42(63)52-24(3)26-8-10-27(11-9-26)36-25(4)51-22-65-36/h8-12,14-16,18,22-24,29,33,35,37,58-60H,13,17,19-21H2,1-7H3,(H2,47,50)(H,52,63)(H,54,61)(H,55,62)/t24-,29+,33-,35?,37+,45?,46?/m0/s1. The molecule has 4 amide bonds. The van der Waals surface area contributed by atoms with Crippen LogP contribution in [0.25, 0.3) is 21.7 Å². The normalized spacial score (nSPS) is 22.6. The van der Waals surface area contributed by atoms with Crippen LogP contribution in [0.5, 0.6) is 5.75 Å². The highest BCUT2D eigenvalue weighted by Gasteiger charge is 2.70. The monoisotopic (exact) mass is 905 g/mol. The average Bonchev–Trinajstić information content (AvgIpc) is 3.99. The highest BCUT2D eigenvalue weighted by atomic mass is 32.1. The molecule has 9 rings (SSSR count). The number of nitrogens with one attached hydrogen (secondary N) is 3. The minimum absolute atomic E-state index is 0.000235. The zero-order chi connectivity index (χ0) is 46.7. The topological polar surface area (TPSA) is 264 Å². The third-order valence-electron chi connectivity index (χ3n) is 12.9. The molecule has 1 saturated heterocycles. The highest BCUT2D eigenvalue weighted by Crippen LogP contribution is 2.66. The van der Waals surface area contributed by atoms with Crippen molar-refractivity contribution in [1.82, 2.24) is 50.3 Å². The van der Waals surface area contributed by atoms with Crippen LogP contribution in [0.1, 0.15) is 117 Å². The number of β-amino-alcohol motifs (C(OH)–C–C–N with tert-alkyl or cyclic N) is 1. The predicted octanol–water partition coefficient (Wildman–Crippen LogP) is 4.19. The van der Waals surface area contributed by atoms with E-state index >= 15 is 0 Å². The van der Waals surface area contributed by atoms with Crippen LogP contribution in [-0.2, 0) is 15.1 Å². The molecule has 0 spiro atoms. The van der Waals surface area contributed by atoms with Gasteiger partial charge in [0.25, 0.3) is 11.8 Å². The number of nitrogens with two attached hydrogens (primary N) is 1. The summed E-state index contributed by atoms with van der Waals surface area (Å²) in [5.41, 5.74) is 9.59. The van der Waals surface area contributed by atoms with Crippen molar-refractivity contribution in [2.45, 2.75) is 116 Å². The van der Waals surface area contributed by atoms with Crippen molar-refractivity contribution in [3.8, 4) is 27.4 Å². The summed E-state index contributed by atoms with van der Waals surface area (Å²) in [6.45, 7) is 12.9. The Kier molecular flexibility index (Phi) is 11.8. The number of thiazole rings is 1. The van der Waals surface area contributed by atoms with Crippen LogP contribution in [0.3, 0.4) is 0 Å². The average molecular weight is 906 g/mol. The number of imidazole rings is 1. The van der Waals surface area contributed by atoms with E-state index in [-0.39, 0.29) is 47.4 Å². The number of hydrogen-bond acceptors (Lipinski definition) is 14. The number of benzene rings is 1. The number of pyridine rings is 1. The molecule has 0 radical (unpaired) electrons. The molecular weight excluding hydrogens is 851 g/mol. The van der Waals surface area contributed by atoms with Gasteiger partial charge in [0.05, 0.1) is 51.9 Å². The SMILES string of the molecule is Cc1ncsc1-c1ccc([C@H](C)NC(=O)[C@@H]2C[C@@H](O)CN2C(=O)[C@@H](NC(=O)c2cnc(C(=O)NC34CC(n5cc(-c6cnc(N)c(O)c6)nc5C(O)C(C)C)(C3)C4)cn2)C(C)(C)C)cc1. The van der Waals surface area contributed by atoms with Crippen molar-refractivity contribution < 1.29 is 34.5 Å². The molecule has 5 atom stereocenters. The van der Waals surface area contributed by atoms with Gasteiger partial charge in [-0.1, -0.05) is 58.9 Å². The number of anilines is 1. The van der Waals surface area contributed by atoms with E-state index in [1.807, 2.05) is 62.7 Å². The molecule has 3 saturated carbocycles. The van der Waals surface area contributed by atoms with Crippen molar-refractivity contribution in [2.24, 2.45) is 11.3 Å². The van der Waals surface area contributed by atoms with Gasteiger partial charge in [-0.15, -0.1) is 11.3 Å². The molecule has 4 aliphatic rings. The molecule has 1 aromatic carbocycles. The molecule has 3 aliphatic carbocycles. The van der Waals surface area contributed by atoms with Gasteiger partial charge in [0.1, 0.15) is 35.4 Å². The Morgan fingerprint density at radius 1 is 0.923 bits per heavy atom. The van der Waals surface area contributed by atoms with Crippen LogP contribution < -0.4 is 21.7 Å². The van der Waals surface area contributed by atoms with Crippen molar-refractivity contribution in [1.29, 1.82) is 0 Å². The molecule has 4 fully saturated rings. The number of hydrogen-bond donors (Lipinski definition) is 7. The Morgan fingerprint density at radius 2 is 1.58 bits per heavy atom. The number of rotatable bonds is 13. The van der Waals surface area contributed by atoms with Gasteiger partial charge >= 0.3 is 0 Å². The van der Waals surface area contributed by atoms with Crippen LogP contribution in [0.4, 0.5) is 5.82 Å². The van der Waals surface area contributed by atoms with Crippen molar-refractivity contribution in [3.05, 3.63) is 89.1 Å². The Labute approximate surface area is 380 Å². The first-order valence-electron chi connectivity index (χ1n) is 21.6. The van der Waals surface area contributed by atoms with E-state index in [1.165, 1.54) is 29.6 Å². The molecule has 5 heterocycles. The molecule has 1 unspecified atom stereocenters. The summed E-state index contributed by atoms with van der Waals surface area (Å²) < 4.78 is 1.98. The largest absolute Gasteiger partial charge is 0.504 e. The van der Waals surface area contributed by atoms with Crippen LogP contribution >= 0.6 is 11.3 Å². The molecule has 2 bridgehead atoms. The summed E-state index contributed by atoms with van der Waals surface area (Å²) in [4.78, 5) is 79.1. The summed E-state index contributed by atoms with van der Waals surface area (Å²) in [5, 5.41) is 40.9. The maximum atomic E-state index is 14.2. The predicted molar refractivity (Wildman–Crippen MR) is 241 cm³/mol. The second-order valence-corrected chi connectivity index (χ2v) is 20.1. The maximum absolute atomic E-state index is 14.2. The van der Waals surface area contributed by atoms with Crippen molar-refractivity contribution in [2.75, 3.05) is 12.3 Å². The van der Waals surface area contributed by atoms with E-state index in [1.54, 1.807) is 37.6 Å². The fourth-order valence-electron chi connectivity index (χ4n) is 9.23. The molecule has 5 aromatic rings. The third-order valence-corrected chi connectivity index (χ3v) is 13.8. The molecule has 18 nitrogen and oxygen atoms in total. The number of nitrogen functional groups attached to an aromatic ring is 1. The van der Waals surface area contributed by atoms with E-state index in [0.717, 1.165) is 21.7 Å². The fourth-order valence-corrected chi connectivity index (χ4v) is 10.0. The third kappa shape index (κ3) is 8.67. The number of aryl methyl sites for hydroxylation is 1. The molecule has 1 aliphatic heterocycles. The summed E-state index contributed by atoms with van der Waals surface area (Å²) >= 11 is 1.56. The van der Waals surface area contributed by atoms with Gasteiger partial charge in [0, 0.05) is 36.5 Å². The number of amides is 4.